The van der Waals surface area contributed by atoms with Crippen LogP contribution in [0.2, 0.25) is 0 Å². The SMILES string of the molecule is [C-]#[N+]c1cccc(/C(C)=N/OCc2c(C)cccc2/C(=N\OC)C(=O)OC)c1. The van der Waals surface area contributed by atoms with Crippen LogP contribution in [0.5, 0.6) is 0 Å². The number of hydrogen-bond donors (Lipinski definition) is 0. The Bertz CT molecular complexity index is 958. The van der Waals surface area contributed by atoms with Gasteiger partial charge in [-0.3, -0.25) is 0 Å². The highest BCUT2D eigenvalue weighted by Gasteiger charge is 2.20. The molecule has 2 rings (SSSR count). The van der Waals surface area contributed by atoms with E-state index in [1.807, 2.05) is 25.1 Å². The van der Waals surface area contributed by atoms with Crippen molar-refractivity contribution in [2.45, 2.75) is 20.5 Å². The summed E-state index contributed by atoms with van der Waals surface area (Å²) in [5.74, 6) is -0.607. The Balaban J connectivity index is 2.28. The minimum absolute atomic E-state index is 0.0535. The molecular weight excluding hydrogens is 358 g/mol. The molecule has 0 aliphatic carbocycles. The zero-order chi connectivity index (χ0) is 20.5. The summed E-state index contributed by atoms with van der Waals surface area (Å²) in [5, 5.41) is 7.94. The second-order valence-electron chi connectivity index (χ2n) is 5.83. The van der Waals surface area contributed by atoms with Gasteiger partial charge in [-0.05, 0) is 31.0 Å². The lowest BCUT2D eigenvalue weighted by Gasteiger charge is -2.12. The van der Waals surface area contributed by atoms with E-state index in [0.29, 0.717) is 17.0 Å². The molecule has 7 heteroatoms. The van der Waals surface area contributed by atoms with E-state index in [1.54, 1.807) is 31.2 Å². The summed E-state index contributed by atoms with van der Waals surface area (Å²) in [6.45, 7) is 10.9. The highest BCUT2D eigenvalue weighted by atomic mass is 16.6. The van der Waals surface area contributed by atoms with Gasteiger partial charge in [-0.25, -0.2) is 9.64 Å². The molecule has 0 amide bonds. The Morgan fingerprint density at radius 1 is 1.14 bits per heavy atom. The van der Waals surface area contributed by atoms with Crippen molar-refractivity contribution in [3.8, 4) is 0 Å². The first-order valence-corrected chi connectivity index (χ1v) is 8.44. The summed E-state index contributed by atoms with van der Waals surface area (Å²) in [6, 6.07) is 12.6. The maximum absolute atomic E-state index is 12.1. The lowest BCUT2D eigenvalue weighted by Crippen LogP contribution is -2.20. The molecule has 0 saturated carbocycles. The number of carbonyl (C=O) groups is 1. The van der Waals surface area contributed by atoms with Gasteiger partial charge in [0.2, 0.25) is 0 Å². The highest BCUT2D eigenvalue weighted by Crippen LogP contribution is 2.19. The van der Waals surface area contributed by atoms with E-state index in [-0.39, 0.29) is 12.3 Å². The molecule has 0 unspecified atom stereocenters. The van der Waals surface area contributed by atoms with E-state index in [1.165, 1.54) is 14.2 Å². The summed E-state index contributed by atoms with van der Waals surface area (Å²) in [6.07, 6.45) is 0. The normalized spacial score (nSPS) is 11.5. The van der Waals surface area contributed by atoms with Gasteiger partial charge in [0.25, 0.3) is 0 Å². The van der Waals surface area contributed by atoms with Crippen LogP contribution in [0.1, 0.15) is 29.2 Å². The molecule has 0 bridgehead atoms. The summed E-state index contributed by atoms with van der Waals surface area (Å²) in [7, 11) is 2.64. The molecule has 0 N–H and O–H groups in total. The molecule has 28 heavy (non-hydrogen) atoms. The van der Waals surface area contributed by atoms with Crippen molar-refractivity contribution >= 4 is 23.1 Å². The van der Waals surface area contributed by atoms with Gasteiger partial charge >= 0.3 is 5.97 Å². The lowest BCUT2D eigenvalue weighted by atomic mass is 9.99. The summed E-state index contributed by atoms with van der Waals surface area (Å²) < 4.78 is 4.79. The van der Waals surface area contributed by atoms with Crippen molar-refractivity contribution in [3.05, 3.63) is 76.1 Å². The van der Waals surface area contributed by atoms with Crippen molar-refractivity contribution in [1.82, 2.24) is 0 Å². The van der Waals surface area contributed by atoms with Crippen LogP contribution in [-0.2, 0) is 25.8 Å². The number of carbonyl (C=O) groups excluding carboxylic acids is 1. The molecule has 144 valence electrons. The minimum Gasteiger partial charge on any atom is -0.464 e. The van der Waals surface area contributed by atoms with Crippen LogP contribution >= 0.6 is 0 Å². The van der Waals surface area contributed by atoms with Crippen LogP contribution in [0.3, 0.4) is 0 Å². The van der Waals surface area contributed by atoms with Gasteiger partial charge in [0.15, 0.2) is 11.4 Å². The van der Waals surface area contributed by atoms with Gasteiger partial charge in [0.05, 0.1) is 19.4 Å². The Morgan fingerprint density at radius 2 is 1.89 bits per heavy atom. The van der Waals surface area contributed by atoms with Crippen LogP contribution in [0, 0.1) is 13.5 Å². The molecule has 0 saturated heterocycles. The first-order chi connectivity index (χ1) is 13.5. The van der Waals surface area contributed by atoms with E-state index in [4.69, 9.17) is 21.0 Å². The van der Waals surface area contributed by atoms with Gasteiger partial charge in [-0.1, -0.05) is 46.7 Å². The fourth-order valence-corrected chi connectivity index (χ4v) is 2.55. The Morgan fingerprint density at radius 3 is 2.57 bits per heavy atom. The maximum atomic E-state index is 12.1. The largest absolute Gasteiger partial charge is 0.464 e. The number of methoxy groups -OCH3 is 1. The summed E-state index contributed by atoms with van der Waals surface area (Å²) in [4.78, 5) is 25.8. The van der Waals surface area contributed by atoms with Crippen LogP contribution in [0.15, 0.2) is 52.8 Å². The predicted octanol–water partition coefficient (Wildman–Crippen LogP) is 4.01. The van der Waals surface area contributed by atoms with Crippen molar-refractivity contribution in [2.75, 3.05) is 14.2 Å². The average Bonchev–Trinajstić information content (AvgIpc) is 2.72. The molecule has 0 aliphatic rings. The highest BCUT2D eigenvalue weighted by molar-refractivity contribution is 6.43. The average molecular weight is 379 g/mol. The number of benzene rings is 2. The van der Waals surface area contributed by atoms with Crippen LogP contribution in [-0.4, -0.2) is 31.6 Å². The quantitative estimate of drug-likeness (QED) is 0.315. The number of rotatable bonds is 7. The maximum Gasteiger partial charge on any atom is 0.360 e. The molecular formula is C21H21N3O4. The zero-order valence-corrected chi connectivity index (χ0v) is 16.2. The van der Waals surface area contributed by atoms with Crippen LogP contribution < -0.4 is 0 Å². The number of hydrogen-bond acceptors (Lipinski definition) is 6. The smallest absolute Gasteiger partial charge is 0.360 e. The molecule has 2 aromatic rings. The van der Waals surface area contributed by atoms with E-state index >= 15 is 0 Å². The van der Waals surface area contributed by atoms with Crippen molar-refractivity contribution in [3.63, 3.8) is 0 Å². The van der Waals surface area contributed by atoms with E-state index in [0.717, 1.165) is 16.7 Å². The third-order valence-corrected chi connectivity index (χ3v) is 4.03. The molecule has 0 atom stereocenters. The number of oxime groups is 2. The van der Waals surface area contributed by atoms with Gasteiger partial charge in [-0.2, -0.15) is 0 Å². The molecule has 0 aliphatic heterocycles. The predicted molar refractivity (Wildman–Crippen MR) is 106 cm³/mol. The number of nitrogens with zero attached hydrogens (tertiary/aromatic N) is 3. The second kappa shape index (κ2) is 9.88. The molecule has 0 fully saturated rings. The molecule has 2 aromatic carbocycles. The molecule has 0 heterocycles. The van der Waals surface area contributed by atoms with Gasteiger partial charge in [0.1, 0.15) is 13.7 Å². The first-order valence-electron chi connectivity index (χ1n) is 8.44. The Hall–Kier alpha value is -3.66. The topological polar surface area (TPSA) is 73.8 Å². The Kier molecular flexibility index (Phi) is 7.28. The molecule has 0 radical (unpaired) electrons. The number of esters is 1. The van der Waals surface area contributed by atoms with Gasteiger partial charge < -0.3 is 14.4 Å². The minimum atomic E-state index is -0.607. The van der Waals surface area contributed by atoms with E-state index in [9.17, 15) is 4.79 Å². The van der Waals surface area contributed by atoms with Gasteiger partial charge in [-0.15, -0.1) is 0 Å². The fraction of sp³-hybridized carbons (Fsp3) is 0.238. The van der Waals surface area contributed by atoms with E-state index < -0.39 is 5.97 Å². The summed E-state index contributed by atoms with van der Waals surface area (Å²) >= 11 is 0. The van der Waals surface area contributed by atoms with Crippen molar-refractivity contribution < 1.29 is 19.2 Å². The van der Waals surface area contributed by atoms with Crippen molar-refractivity contribution in [1.29, 1.82) is 0 Å². The van der Waals surface area contributed by atoms with Gasteiger partial charge in [0, 0.05) is 11.1 Å². The third-order valence-electron chi connectivity index (χ3n) is 4.03. The fourth-order valence-electron chi connectivity index (χ4n) is 2.55. The molecule has 0 spiro atoms. The van der Waals surface area contributed by atoms with Crippen LogP contribution in [0.4, 0.5) is 5.69 Å². The first kappa shape index (κ1) is 20.6. The monoisotopic (exact) mass is 379 g/mol. The third kappa shape index (κ3) is 4.95. The lowest BCUT2D eigenvalue weighted by molar-refractivity contribution is -0.132. The molecule has 7 nitrogen and oxygen atoms in total. The second-order valence-corrected chi connectivity index (χ2v) is 5.83. The van der Waals surface area contributed by atoms with Crippen molar-refractivity contribution in [2.24, 2.45) is 10.3 Å². The summed E-state index contributed by atoms with van der Waals surface area (Å²) in [5.41, 5.74) is 4.23. The molecule has 0 aromatic heterocycles. The standard InChI is InChI=1S/C21H21N3O4/c1-14-8-6-11-18(20(24-27-5)21(25)26-4)19(14)13-28-23-15(2)16-9-7-10-17(12-16)22-3/h6-12H,13H2,1-2,4-5H3/b23-15+,24-20+. The zero-order valence-electron chi connectivity index (χ0n) is 16.2. The Labute approximate surface area is 164 Å². The number of ether oxygens (including phenoxy) is 1. The van der Waals surface area contributed by atoms with Crippen LogP contribution in [0.25, 0.3) is 4.85 Å². The number of aryl methyl sites for hydroxylation is 1. The van der Waals surface area contributed by atoms with E-state index in [2.05, 4.69) is 15.2 Å².